The van der Waals surface area contributed by atoms with Crippen LogP contribution in [-0.2, 0) is 4.79 Å². The number of carbonyl (C=O) groups excluding carboxylic acids is 1. The van der Waals surface area contributed by atoms with Crippen LogP contribution in [0.2, 0.25) is 0 Å². The Morgan fingerprint density at radius 1 is 1.35 bits per heavy atom. The molecule has 1 amide bonds. The average molecular weight is 383 g/mol. The lowest BCUT2D eigenvalue weighted by Gasteiger charge is -2.32. The van der Waals surface area contributed by atoms with Crippen LogP contribution in [0.3, 0.4) is 0 Å². The van der Waals surface area contributed by atoms with Crippen molar-refractivity contribution in [2.24, 2.45) is 5.92 Å². The number of rotatable bonds is 6. The first-order valence-electron chi connectivity index (χ1n) is 8.45. The maximum Gasteiger partial charge on any atom is 0.261 e. The van der Waals surface area contributed by atoms with Crippen molar-refractivity contribution in [2.75, 3.05) is 19.6 Å². The molecule has 0 aliphatic carbocycles. The number of hydrogen-bond donors (Lipinski definition) is 1. The number of carbonyl (C=O) groups is 1. The Hall–Kier alpha value is -1.07. The minimum atomic E-state index is -0.474. The Morgan fingerprint density at radius 2 is 2.00 bits per heavy atom. The molecule has 1 saturated heterocycles. The van der Waals surface area contributed by atoms with Gasteiger partial charge in [0.05, 0.1) is 4.47 Å². The van der Waals surface area contributed by atoms with Crippen molar-refractivity contribution in [3.8, 4) is 5.75 Å². The summed E-state index contributed by atoms with van der Waals surface area (Å²) in [4.78, 5) is 15.1. The van der Waals surface area contributed by atoms with Gasteiger partial charge in [-0.1, -0.05) is 32.9 Å². The van der Waals surface area contributed by atoms with Gasteiger partial charge in [0.2, 0.25) is 0 Å². The smallest absolute Gasteiger partial charge is 0.261 e. The Kier molecular flexibility index (Phi) is 6.90. The van der Waals surface area contributed by atoms with Crippen molar-refractivity contribution >= 4 is 21.8 Å². The van der Waals surface area contributed by atoms with Crippen LogP contribution in [0.15, 0.2) is 28.7 Å². The number of ether oxygens (including phenoxy) is 1. The van der Waals surface area contributed by atoms with Gasteiger partial charge >= 0.3 is 0 Å². The largest absolute Gasteiger partial charge is 0.479 e. The fourth-order valence-corrected chi connectivity index (χ4v) is 3.22. The molecule has 1 atom stereocenters. The predicted octanol–water partition coefficient (Wildman–Crippen LogP) is 3.45. The molecule has 0 unspecified atom stereocenters. The zero-order valence-electron chi connectivity index (χ0n) is 14.2. The Balaban J connectivity index is 1.95. The number of para-hydroxylation sites is 1. The van der Waals surface area contributed by atoms with E-state index in [4.69, 9.17) is 4.74 Å². The summed E-state index contributed by atoms with van der Waals surface area (Å²) in [7, 11) is 0. The second-order valence-corrected chi connectivity index (χ2v) is 7.28. The fraction of sp³-hybridized carbons (Fsp3) is 0.611. The number of piperidine rings is 1. The topological polar surface area (TPSA) is 41.6 Å². The lowest BCUT2D eigenvalue weighted by Crippen LogP contribution is -2.50. The molecule has 0 radical (unpaired) electrons. The number of nitrogens with zero attached hydrogens (tertiary/aromatic N) is 1. The van der Waals surface area contributed by atoms with Crippen molar-refractivity contribution in [2.45, 2.75) is 45.8 Å². The Bertz CT molecular complexity index is 513. The van der Waals surface area contributed by atoms with Crippen molar-refractivity contribution in [1.29, 1.82) is 0 Å². The third-order valence-corrected chi connectivity index (χ3v) is 4.99. The van der Waals surface area contributed by atoms with Crippen molar-refractivity contribution < 1.29 is 9.53 Å². The van der Waals surface area contributed by atoms with Crippen molar-refractivity contribution in [1.82, 2.24) is 10.2 Å². The molecule has 1 heterocycles. The molecule has 0 saturated carbocycles. The van der Waals surface area contributed by atoms with Crippen LogP contribution >= 0.6 is 15.9 Å². The minimum Gasteiger partial charge on any atom is -0.479 e. The van der Waals surface area contributed by atoms with E-state index in [-0.39, 0.29) is 17.9 Å². The van der Waals surface area contributed by atoms with Gasteiger partial charge in [-0.3, -0.25) is 4.79 Å². The summed E-state index contributed by atoms with van der Waals surface area (Å²) in [5.74, 6) is 0.811. The molecule has 23 heavy (non-hydrogen) atoms. The van der Waals surface area contributed by atoms with E-state index in [1.807, 2.05) is 38.1 Å². The summed E-state index contributed by atoms with van der Waals surface area (Å²) < 4.78 is 6.85. The zero-order chi connectivity index (χ0) is 16.8. The quantitative estimate of drug-likeness (QED) is 0.818. The number of benzene rings is 1. The molecule has 4 nitrogen and oxygen atoms in total. The summed E-state index contributed by atoms with van der Waals surface area (Å²) in [6.07, 6.45) is 1.55. The van der Waals surface area contributed by atoms with E-state index < -0.39 is 6.10 Å². The van der Waals surface area contributed by atoms with E-state index in [0.717, 1.165) is 36.9 Å². The fourth-order valence-electron chi connectivity index (χ4n) is 2.85. The third-order valence-electron chi connectivity index (χ3n) is 4.34. The molecule has 2 rings (SSSR count). The van der Waals surface area contributed by atoms with Crippen LogP contribution < -0.4 is 10.1 Å². The van der Waals surface area contributed by atoms with Gasteiger partial charge in [0.1, 0.15) is 5.75 Å². The van der Waals surface area contributed by atoms with E-state index in [0.29, 0.717) is 5.75 Å². The van der Waals surface area contributed by atoms with Gasteiger partial charge in [-0.2, -0.15) is 0 Å². The number of hydrogen-bond acceptors (Lipinski definition) is 3. The van der Waals surface area contributed by atoms with Gasteiger partial charge in [0.15, 0.2) is 6.10 Å². The van der Waals surface area contributed by atoms with Crippen LogP contribution in [0, 0.1) is 5.92 Å². The molecule has 1 aliphatic heterocycles. The molecule has 1 aromatic rings. The molecule has 1 fully saturated rings. The molecule has 1 aromatic carbocycles. The highest BCUT2D eigenvalue weighted by Gasteiger charge is 2.28. The molecule has 1 N–H and O–H groups in total. The van der Waals surface area contributed by atoms with Crippen molar-refractivity contribution in [3.05, 3.63) is 28.7 Å². The molecule has 5 heteroatoms. The SMILES string of the molecule is CCN1CCC(NC(=O)[C@H](Oc2ccccc2Br)C(C)C)CC1. The van der Waals surface area contributed by atoms with E-state index in [2.05, 4.69) is 33.1 Å². The van der Waals surface area contributed by atoms with Gasteiger partial charge in [0, 0.05) is 19.1 Å². The summed E-state index contributed by atoms with van der Waals surface area (Å²) in [6.45, 7) is 9.40. The summed E-state index contributed by atoms with van der Waals surface area (Å²) in [5.41, 5.74) is 0. The molecular formula is C18H27BrN2O2. The highest BCUT2D eigenvalue weighted by Crippen LogP contribution is 2.26. The van der Waals surface area contributed by atoms with Crippen LogP contribution in [0.1, 0.15) is 33.6 Å². The normalized spacial score (nSPS) is 18.0. The molecular weight excluding hydrogens is 356 g/mol. The number of amides is 1. The van der Waals surface area contributed by atoms with E-state index in [9.17, 15) is 4.79 Å². The Labute approximate surface area is 147 Å². The summed E-state index contributed by atoms with van der Waals surface area (Å²) in [5, 5.41) is 3.18. The van der Waals surface area contributed by atoms with E-state index in [1.54, 1.807) is 0 Å². The molecule has 0 bridgehead atoms. The lowest BCUT2D eigenvalue weighted by atomic mass is 10.0. The van der Waals surface area contributed by atoms with Crippen LogP contribution in [-0.4, -0.2) is 42.6 Å². The maximum absolute atomic E-state index is 12.7. The second kappa shape index (κ2) is 8.69. The first-order valence-corrected chi connectivity index (χ1v) is 9.24. The maximum atomic E-state index is 12.7. The van der Waals surface area contributed by atoms with Crippen LogP contribution in [0.4, 0.5) is 0 Å². The lowest BCUT2D eigenvalue weighted by molar-refractivity contribution is -0.130. The summed E-state index contributed by atoms with van der Waals surface area (Å²) >= 11 is 3.47. The first-order chi connectivity index (χ1) is 11.0. The molecule has 0 spiro atoms. The summed E-state index contributed by atoms with van der Waals surface area (Å²) in [6, 6.07) is 7.91. The van der Waals surface area contributed by atoms with Gasteiger partial charge in [0.25, 0.3) is 5.91 Å². The van der Waals surface area contributed by atoms with Gasteiger partial charge in [-0.15, -0.1) is 0 Å². The van der Waals surface area contributed by atoms with E-state index in [1.165, 1.54) is 0 Å². The standard InChI is InChI=1S/C18H27BrN2O2/c1-4-21-11-9-14(10-12-21)20-18(22)17(13(2)3)23-16-8-6-5-7-15(16)19/h5-8,13-14,17H,4,9-12H2,1-3H3,(H,20,22)/t17-/m1/s1. The number of halogens is 1. The third kappa shape index (κ3) is 5.21. The predicted molar refractivity (Wildman–Crippen MR) is 96.7 cm³/mol. The highest BCUT2D eigenvalue weighted by atomic mass is 79.9. The van der Waals surface area contributed by atoms with Gasteiger partial charge in [-0.25, -0.2) is 0 Å². The highest BCUT2D eigenvalue weighted by molar-refractivity contribution is 9.10. The van der Waals surface area contributed by atoms with Gasteiger partial charge < -0.3 is 15.0 Å². The number of nitrogens with one attached hydrogen (secondary N) is 1. The minimum absolute atomic E-state index is 0.00861. The van der Waals surface area contributed by atoms with Crippen molar-refractivity contribution in [3.63, 3.8) is 0 Å². The first kappa shape index (κ1) is 18.3. The van der Waals surface area contributed by atoms with Crippen LogP contribution in [0.25, 0.3) is 0 Å². The van der Waals surface area contributed by atoms with Crippen LogP contribution in [0.5, 0.6) is 5.75 Å². The molecule has 1 aliphatic rings. The zero-order valence-corrected chi connectivity index (χ0v) is 15.8. The van der Waals surface area contributed by atoms with Gasteiger partial charge in [-0.05, 0) is 53.4 Å². The second-order valence-electron chi connectivity index (χ2n) is 6.43. The molecule has 0 aromatic heterocycles. The molecule has 128 valence electrons. The average Bonchev–Trinajstić information content (AvgIpc) is 2.54. The van der Waals surface area contributed by atoms with E-state index >= 15 is 0 Å². The monoisotopic (exact) mass is 382 g/mol. The number of likely N-dealkylation sites (tertiary alicyclic amines) is 1. The Morgan fingerprint density at radius 3 is 2.57 bits per heavy atom.